The zero-order valence-corrected chi connectivity index (χ0v) is 7.88. The second kappa shape index (κ2) is 3.02. The average molecular weight is 207 g/mol. The number of hydrogen-bond acceptors (Lipinski definition) is 2. The summed E-state index contributed by atoms with van der Waals surface area (Å²) in [7, 11) is 0. The molecule has 0 atom stereocenters. The lowest BCUT2D eigenvalue weighted by atomic mass is 10.1. The van der Waals surface area contributed by atoms with Gasteiger partial charge in [-0.05, 0) is 25.1 Å². The van der Waals surface area contributed by atoms with E-state index in [9.17, 15) is 8.78 Å². The summed E-state index contributed by atoms with van der Waals surface area (Å²) >= 11 is 0. The highest BCUT2D eigenvalue weighted by atomic mass is 19.3. The minimum absolute atomic E-state index is 0.318. The summed E-state index contributed by atoms with van der Waals surface area (Å²) in [6.07, 6.45) is 0. The van der Waals surface area contributed by atoms with Crippen molar-refractivity contribution in [1.82, 2.24) is 9.97 Å². The minimum atomic E-state index is -3.45. The highest BCUT2D eigenvalue weighted by molar-refractivity contribution is 5.76. The van der Waals surface area contributed by atoms with Gasteiger partial charge in [-0.3, -0.25) is 0 Å². The number of imidazole rings is 1. The predicted molar refractivity (Wildman–Crippen MR) is 50.3 cm³/mol. The van der Waals surface area contributed by atoms with Crippen molar-refractivity contribution in [3.05, 3.63) is 29.6 Å². The molecule has 1 N–H and O–H groups in total. The van der Waals surface area contributed by atoms with Crippen molar-refractivity contribution in [2.75, 3.05) is 0 Å². The summed E-state index contributed by atoms with van der Waals surface area (Å²) in [6, 6.07) is 4.90. The van der Waals surface area contributed by atoms with E-state index < -0.39 is 5.92 Å². The van der Waals surface area contributed by atoms with Crippen LogP contribution in [0.1, 0.15) is 11.4 Å². The van der Waals surface area contributed by atoms with E-state index in [4.69, 9.17) is 5.26 Å². The van der Waals surface area contributed by atoms with Gasteiger partial charge < -0.3 is 4.98 Å². The van der Waals surface area contributed by atoms with Crippen LogP contribution in [0, 0.1) is 18.3 Å². The Morgan fingerprint density at radius 3 is 2.87 bits per heavy atom. The largest absolute Gasteiger partial charge is 0.357 e. The number of aryl methyl sites for hydroxylation is 1. The van der Waals surface area contributed by atoms with Gasteiger partial charge in [0.2, 0.25) is 0 Å². The van der Waals surface area contributed by atoms with Crippen LogP contribution in [0.5, 0.6) is 0 Å². The van der Waals surface area contributed by atoms with Crippen LogP contribution in [0.15, 0.2) is 18.2 Å². The van der Waals surface area contributed by atoms with E-state index in [1.54, 1.807) is 6.92 Å². The van der Waals surface area contributed by atoms with E-state index in [-0.39, 0.29) is 5.56 Å². The monoisotopic (exact) mass is 207 g/mol. The van der Waals surface area contributed by atoms with Gasteiger partial charge in [-0.15, -0.1) is 0 Å². The van der Waals surface area contributed by atoms with Crippen molar-refractivity contribution in [2.24, 2.45) is 0 Å². The number of benzene rings is 1. The third kappa shape index (κ3) is 1.54. The third-order valence-electron chi connectivity index (χ3n) is 2.10. The summed E-state index contributed by atoms with van der Waals surface area (Å²) in [6.45, 7) is 1.74. The van der Waals surface area contributed by atoms with Crippen molar-refractivity contribution in [2.45, 2.75) is 12.8 Å². The zero-order chi connectivity index (χ0) is 11.1. The first-order valence-corrected chi connectivity index (χ1v) is 4.29. The molecular formula is C10H7F2N3. The molecule has 0 radical (unpaired) electrons. The number of halogens is 2. The minimum Gasteiger partial charge on any atom is -0.342 e. The number of nitrogens with zero attached hydrogens (tertiary/aromatic N) is 2. The van der Waals surface area contributed by atoms with E-state index >= 15 is 0 Å². The summed E-state index contributed by atoms with van der Waals surface area (Å²) < 4.78 is 26.0. The summed E-state index contributed by atoms with van der Waals surface area (Å²) in [5.74, 6) is -2.80. The van der Waals surface area contributed by atoms with Gasteiger partial charge in [-0.2, -0.15) is 14.0 Å². The molecule has 3 nitrogen and oxygen atoms in total. The van der Waals surface area contributed by atoms with Crippen molar-refractivity contribution in [3.63, 3.8) is 0 Å². The van der Waals surface area contributed by atoms with Gasteiger partial charge in [0.1, 0.15) is 11.9 Å². The fourth-order valence-corrected chi connectivity index (χ4v) is 1.40. The molecule has 15 heavy (non-hydrogen) atoms. The molecule has 1 aromatic heterocycles. The molecule has 0 unspecified atom stereocenters. The molecule has 5 heteroatoms. The topological polar surface area (TPSA) is 52.5 Å². The molecule has 1 heterocycles. The molecule has 0 spiro atoms. The lowest BCUT2D eigenvalue weighted by Gasteiger charge is -2.06. The molecular weight excluding hydrogens is 200 g/mol. The van der Waals surface area contributed by atoms with Crippen molar-refractivity contribution in [3.8, 4) is 6.07 Å². The van der Waals surface area contributed by atoms with Gasteiger partial charge in [-0.1, -0.05) is 0 Å². The molecule has 0 amide bonds. The predicted octanol–water partition coefficient (Wildman–Crippen LogP) is 2.49. The van der Waals surface area contributed by atoms with Crippen LogP contribution in [-0.4, -0.2) is 9.97 Å². The Morgan fingerprint density at radius 1 is 1.47 bits per heavy atom. The van der Waals surface area contributed by atoms with Crippen molar-refractivity contribution >= 4 is 11.0 Å². The van der Waals surface area contributed by atoms with Crippen LogP contribution < -0.4 is 0 Å². The highest BCUT2D eigenvalue weighted by Gasteiger charge is 2.31. The number of nitrogens with one attached hydrogen (secondary N) is 1. The summed E-state index contributed by atoms with van der Waals surface area (Å²) in [4.78, 5) is 6.92. The van der Waals surface area contributed by atoms with Crippen molar-refractivity contribution in [1.29, 1.82) is 5.26 Å². The van der Waals surface area contributed by atoms with E-state index in [0.29, 0.717) is 16.9 Å². The first-order chi connectivity index (χ1) is 7.03. The first-order valence-electron chi connectivity index (χ1n) is 4.29. The quantitative estimate of drug-likeness (QED) is 0.780. The Labute approximate surface area is 84.4 Å². The lowest BCUT2D eigenvalue weighted by molar-refractivity contribution is 0.0614. The number of alkyl halides is 2. The molecule has 2 rings (SSSR count). The number of aromatic nitrogens is 2. The van der Waals surface area contributed by atoms with Crippen molar-refractivity contribution < 1.29 is 8.78 Å². The SMILES string of the molecule is Cc1nc2ccc(C(F)(F)C#N)cc2[nH]1. The second-order valence-corrected chi connectivity index (χ2v) is 3.24. The Morgan fingerprint density at radius 2 is 2.20 bits per heavy atom. The van der Waals surface area contributed by atoms with Crippen LogP contribution in [0.3, 0.4) is 0 Å². The molecule has 0 fully saturated rings. The molecule has 0 aliphatic heterocycles. The number of rotatable bonds is 1. The van der Waals surface area contributed by atoms with Gasteiger partial charge in [-0.25, -0.2) is 4.98 Å². The van der Waals surface area contributed by atoms with Gasteiger partial charge in [0.15, 0.2) is 0 Å². The average Bonchev–Trinajstić information content (AvgIpc) is 2.56. The van der Waals surface area contributed by atoms with E-state index in [0.717, 1.165) is 6.07 Å². The summed E-state index contributed by atoms with van der Waals surface area (Å²) in [5.41, 5.74) is 0.811. The Hall–Kier alpha value is -1.96. The molecule has 0 bridgehead atoms. The second-order valence-electron chi connectivity index (χ2n) is 3.24. The van der Waals surface area contributed by atoms with E-state index in [2.05, 4.69) is 9.97 Å². The highest BCUT2D eigenvalue weighted by Crippen LogP contribution is 2.28. The zero-order valence-electron chi connectivity index (χ0n) is 7.88. The number of nitriles is 1. The van der Waals surface area contributed by atoms with Crippen LogP contribution in [0.4, 0.5) is 8.78 Å². The number of fused-ring (bicyclic) bond motifs is 1. The molecule has 0 saturated heterocycles. The summed E-state index contributed by atoms with van der Waals surface area (Å²) in [5, 5.41) is 8.30. The molecule has 0 aliphatic carbocycles. The van der Waals surface area contributed by atoms with Gasteiger partial charge in [0.25, 0.3) is 0 Å². The molecule has 1 aromatic carbocycles. The first kappa shape index (κ1) is 9.59. The number of H-pyrrole nitrogens is 1. The van der Waals surface area contributed by atoms with Crippen LogP contribution >= 0.6 is 0 Å². The maximum Gasteiger partial charge on any atom is 0.357 e. The molecule has 2 aromatic rings. The third-order valence-corrected chi connectivity index (χ3v) is 2.10. The Bertz CT molecular complexity index is 551. The standard InChI is InChI=1S/C10H7F2N3/c1-6-14-8-3-2-7(4-9(8)15-6)10(11,12)5-13/h2-4H,1H3,(H,14,15). The fourth-order valence-electron chi connectivity index (χ4n) is 1.40. The maximum atomic E-state index is 13.0. The maximum absolute atomic E-state index is 13.0. The Balaban J connectivity index is 2.62. The molecule has 0 aliphatic rings. The van der Waals surface area contributed by atoms with Gasteiger partial charge in [0.05, 0.1) is 11.0 Å². The van der Waals surface area contributed by atoms with Gasteiger partial charge >= 0.3 is 5.92 Å². The van der Waals surface area contributed by atoms with Gasteiger partial charge in [0, 0.05) is 5.56 Å². The molecule has 0 saturated carbocycles. The Kier molecular flexibility index (Phi) is 1.93. The van der Waals surface area contributed by atoms with Crippen LogP contribution in [0.2, 0.25) is 0 Å². The lowest BCUT2D eigenvalue weighted by Crippen LogP contribution is -2.09. The van der Waals surface area contributed by atoms with E-state index in [1.165, 1.54) is 18.2 Å². The van der Waals surface area contributed by atoms with E-state index in [1.807, 2.05) is 0 Å². The fraction of sp³-hybridized carbons (Fsp3) is 0.200. The smallest absolute Gasteiger partial charge is 0.342 e. The van der Waals surface area contributed by atoms with Crippen LogP contribution in [0.25, 0.3) is 11.0 Å². The number of aromatic amines is 1. The number of hydrogen-bond donors (Lipinski definition) is 1. The van der Waals surface area contributed by atoms with Crippen LogP contribution in [-0.2, 0) is 5.92 Å². The molecule has 76 valence electrons. The normalized spacial score (nSPS) is 11.6.